The minimum atomic E-state index is 0.136. The lowest BCUT2D eigenvalue weighted by Crippen LogP contribution is -2.45. The SMILES string of the molecule is CCC(N)C(c1ccccc1Br)N1CCCC(CCO)C1. The molecule has 3 nitrogen and oxygen atoms in total. The highest BCUT2D eigenvalue weighted by Crippen LogP contribution is 2.34. The number of nitrogens with two attached hydrogens (primary N) is 1. The van der Waals surface area contributed by atoms with E-state index in [0.717, 1.165) is 30.4 Å². The lowest BCUT2D eigenvalue weighted by molar-refractivity contribution is 0.0927. The molecule has 0 spiro atoms. The first kappa shape index (κ1) is 16.9. The third-order valence-electron chi connectivity index (χ3n) is 4.58. The zero-order valence-electron chi connectivity index (χ0n) is 12.8. The Kier molecular flexibility index (Phi) is 6.68. The molecule has 0 saturated carbocycles. The topological polar surface area (TPSA) is 49.5 Å². The van der Waals surface area contributed by atoms with E-state index in [1.807, 2.05) is 6.07 Å². The lowest BCUT2D eigenvalue weighted by Gasteiger charge is -2.41. The van der Waals surface area contributed by atoms with E-state index in [-0.39, 0.29) is 18.7 Å². The molecule has 1 heterocycles. The minimum Gasteiger partial charge on any atom is -0.396 e. The van der Waals surface area contributed by atoms with Crippen LogP contribution in [0.15, 0.2) is 28.7 Å². The molecule has 1 saturated heterocycles. The molecule has 2 rings (SSSR count). The maximum Gasteiger partial charge on any atom is 0.0510 e. The number of halogens is 1. The highest BCUT2D eigenvalue weighted by atomic mass is 79.9. The average Bonchev–Trinajstić information content (AvgIpc) is 2.50. The summed E-state index contributed by atoms with van der Waals surface area (Å²) in [6.07, 6.45) is 4.29. The van der Waals surface area contributed by atoms with Gasteiger partial charge in [0.2, 0.25) is 0 Å². The highest BCUT2D eigenvalue weighted by Gasteiger charge is 2.30. The molecule has 4 heteroatoms. The fourth-order valence-corrected chi connectivity index (χ4v) is 3.92. The van der Waals surface area contributed by atoms with Crippen LogP contribution in [0.5, 0.6) is 0 Å². The number of hydrogen-bond donors (Lipinski definition) is 2. The summed E-state index contributed by atoms with van der Waals surface area (Å²) in [6.45, 7) is 4.59. The summed E-state index contributed by atoms with van der Waals surface area (Å²) in [4.78, 5) is 2.53. The number of aliphatic hydroxyl groups is 1. The van der Waals surface area contributed by atoms with Crippen molar-refractivity contribution < 1.29 is 5.11 Å². The minimum absolute atomic E-state index is 0.136. The third kappa shape index (κ3) is 4.28. The van der Waals surface area contributed by atoms with E-state index in [0.29, 0.717) is 5.92 Å². The van der Waals surface area contributed by atoms with Crippen molar-refractivity contribution in [2.75, 3.05) is 19.7 Å². The highest BCUT2D eigenvalue weighted by molar-refractivity contribution is 9.10. The van der Waals surface area contributed by atoms with Crippen LogP contribution in [0.1, 0.15) is 44.2 Å². The number of aliphatic hydroxyl groups excluding tert-OH is 1. The van der Waals surface area contributed by atoms with Crippen molar-refractivity contribution in [3.63, 3.8) is 0 Å². The maximum absolute atomic E-state index is 9.21. The molecule has 3 unspecified atom stereocenters. The number of hydrogen-bond acceptors (Lipinski definition) is 3. The second-order valence-electron chi connectivity index (χ2n) is 6.05. The number of nitrogens with zero attached hydrogens (tertiary/aromatic N) is 1. The molecular weight excluding hydrogens is 328 g/mol. The van der Waals surface area contributed by atoms with E-state index in [4.69, 9.17) is 5.73 Å². The Bertz CT molecular complexity index is 439. The van der Waals surface area contributed by atoms with Gasteiger partial charge in [0.15, 0.2) is 0 Å². The van der Waals surface area contributed by atoms with E-state index in [9.17, 15) is 5.11 Å². The Hall–Kier alpha value is -0.420. The van der Waals surface area contributed by atoms with Crippen molar-refractivity contribution >= 4 is 15.9 Å². The molecule has 1 aliphatic rings. The Balaban J connectivity index is 2.22. The van der Waals surface area contributed by atoms with Crippen molar-refractivity contribution in [2.24, 2.45) is 11.7 Å². The molecule has 0 bridgehead atoms. The van der Waals surface area contributed by atoms with Gasteiger partial charge in [-0.3, -0.25) is 4.90 Å². The summed E-state index contributed by atoms with van der Waals surface area (Å²) in [7, 11) is 0. The van der Waals surface area contributed by atoms with Crippen LogP contribution in [0.25, 0.3) is 0 Å². The Morgan fingerprint density at radius 3 is 2.86 bits per heavy atom. The van der Waals surface area contributed by atoms with Crippen LogP contribution in [-0.4, -0.2) is 35.7 Å². The molecule has 0 amide bonds. The number of likely N-dealkylation sites (tertiary alicyclic amines) is 1. The average molecular weight is 355 g/mol. The van der Waals surface area contributed by atoms with E-state index in [1.54, 1.807) is 0 Å². The monoisotopic (exact) mass is 354 g/mol. The van der Waals surface area contributed by atoms with Crippen molar-refractivity contribution in [2.45, 2.75) is 44.7 Å². The van der Waals surface area contributed by atoms with Gasteiger partial charge in [0.1, 0.15) is 0 Å². The molecule has 1 aliphatic heterocycles. The fourth-order valence-electron chi connectivity index (χ4n) is 3.40. The first-order valence-corrected chi connectivity index (χ1v) is 8.81. The second kappa shape index (κ2) is 8.28. The molecule has 21 heavy (non-hydrogen) atoms. The lowest BCUT2D eigenvalue weighted by atomic mass is 9.89. The van der Waals surface area contributed by atoms with Crippen LogP contribution in [0.2, 0.25) is 0 Å². The second-order valence-corrected chi connectivity index (χ2v) is 6.91. The Morgan fingerprint density at radius 1 is 1.43 bits per heavy atom. The predicted molar refractivity (Wildman–Crippen MR) is 91.1 cm³/mol. The Labute approximate surface area is 136 Å². The Morgan fingerprint density at radius 2 is 2.19 bits per heavy atom. The van der Waals surface area contributed by atoms with E-state index in [2.05, 4.69) is 46.0 Å². The molecule has 118 valence electrons. The maximum atomic E-state index is 9.21. The van der Waals surface area contributed by atoms with Crippen molar-refractivity contribution in [1.82, 2.24) is 4.90 Å². The number of rotatable bonds is 6. The summed E-state index contributed by atoms with van der Waals surface area (Å²) in [6, 6.07) is 8.81. The summed E-state index contributed by atoms with van der Waals surface area (Å²) < 4.78 is 1.14. The molecule has 3 atom stereocenters. The van der Waals surface area contributed by atoms with E-state index >= 15 is 0 Å². The van der Waals surface area contributed by atoms with Crippen LogP contribution in [0, 0.1) is 5.92 Å². The molecular formula is C17H27BrN2O. The van der Waals surface area contributed by atoms with Gasteiger partial charge in [-0.05, 0) is 49.8 Å². The van der Waals surface area contributed by atoms with Crippen LogP contribution in [0.4, 0.5) is 0 Å². The van der Waals surface area contributed by atoms with E-state index < -0.39 is 0 Å². The van der Waals surface area contributed by atoms with Gasteiger partial charge >= 0.3 is 0 Å². The molecule has 1 aromatic rings. The number of piperidine rings is 1. The van der Waals surface area contributed by atoms with Crippen LogP contribution < -0.4 is 5.73 Å². The zero-order chi connectivity index (χ0) is 15.2. The summed E-state index contributed by atoms with van der Waals surface area (Å²) in [5, 5.41) is 9.21. The summed E-state index contributed by atoms with van der Waals surface area (Å²) in [5.74, 6) is 0.595. The van der Waals surface area contributed by atoms with Gasteiger partial charge in [0, 0.05) is 23.7 Å². The van der Waals surface area contributed by atoms with Crippen molar-refractivity contribution in [1.29, 1.82) is 0 Å². The molecule has 3 N–H and O–H groups in total. The molecule has 0 aromatic heterocycles. The van der Waals surface area contributed by atoms with Crippen molar-refractivity contribution in [3.05, 3.63) is 34.3 Å². The van der Waals surface area contributed by atoms with Gasteiger partial charge < -0.3 is 10.8 Å². The summed E-state index contributed by atoms with van der Waals surface area (Å²) >= 11 is 3.68. The quantitative estimate of drug-likeness (QED) is 0.823. The first-order chi connectivity index (χ1) is 10.2. The molecule has 0 radical (unpaired) electrons. The molecule has 1 fully saturated rings. The van der Waals surface area contributed by atoms with Gasteiger partial charge in [-0.25, -0.2) is 0 Å². The van der Waals surface area contributed by atoms with Gasteiger partial charge in [0.05, 0.1) is 6.04 Å². The van der Waals surface area contributed by atoms with Crippen LogP contribution in [-0.2, 0) is 0 Å². The standard InChI is InChI=1S/C17H27BrN2O/c1-2-16(19)17(14-7-3-4-8-15(14)18)20-10-5-6-13(12-20)9-11-21/h3-4,7-8,13,16-17,21H,2,5-6,9-12,19H2,1H3. The fraction of sp³-hybridized carbons (Fsp3) is 0.647. The predicted octanol–water partition coefficient (Wildman–Crippen LogP) is 3.32. The smallest absolute Gasteiger partial charge is 0.0510 e. The third-order valence-corrected chi connectivity index (χ3v) is 5.30. The molecule has 0 aliphatic carbocycles. The van der Waals surface area contributed by atoms with E-state index in [1.165, 1.54) is 18.4 Å². The largest absolute Gasteiger partial charge is 0.396 e. The van der Waals surface area contributed by atoms with Gasteiger partial charge in [-0.2, -0.15) is 0 Å². The zero-order valence-corrected chi connectivity index (χ0v) is 14.4. The first-order valence-electron chi connectivity index (χ1n) is 8.02. The van der Waals surface area contributed by atoms with Gasteiger partial charge in [-0.1, -0.05) is 41.1 Å². The van der Waals surface area contributed by atoms with Gasteiger partial charge in [0.25, 0.3) is 0 Å². The van der Waals surface area contributed by atoms with Crippen LogP contribution >= 0.6 is 15.9 Å². The van der Waals surface area contributed by atoms with Crippen molar-refractivity contribution in [3.8, 4) is 0 Å². The number of benzene rings is 1. The van der Waals surface area contributed by atoms with Crippen LogP contribution in [0.3, 0.4) is 0 Å². The normalized spacial score (nSPS) is 23.0. The summed E-state index contributed by atoms with van der Waals surface area (Å²) in [5.41, 5.74) is 7.74. The van der Waals surface area contributed by atoms with Gasteiger partial charge in [-0.15, -0.1) is 0 Å². The molecule has 1 aromatic carbocycles.